The summed E-state index contributed by atoms with van der Waals surface area (Å²) in [6.07, 6.45) is 11.3. The van der Waals surface area contributed by atoms with Crippen LogP contribution in [0.1, 0.15) is 25.7 Å². The molecule has 1 saturated carbocycles. The number of carbonyl (C=O) groups excluding carboxylic acids is 1. The number of fused-ring (bicyclic) bond motifs is 2. The van der Waals surface area contributed by atoms with E-state index in [0.29, 0.717) is 5.69 Å². The Labute approximate surface area is 225 Å². The van der Waals surface area contributed by atoms with Gasteiger partial charge in [0.25, 0.3) is 0 Å². The van der Waals surface area contributed by atoms with Crippen LogP contribution in [-0.2, 0) is 4.79 Å². The molecule has 1 saturated heterocycles. The van der Waals surface area contributed by atoms with Gasteiger partial charge in [-0.15, -0.1) is 0 Å². The maximum absolute atomic E-state index is 12.6. The van der Waals surface area contributed by atoms with Crippen LogP contribution in [0.5, 0.6) is 0 Å². The average molecular weight is 522 g/mol. The normalized spacial score (nSPS) is 16.9. The minimum absolute atomic E-state index is 0.0798. The zero-order valence-electron chi connectivity index (χ0n) is 21.9. The van der Waals surface area contributed by atoms with E-state index in [0.717, 1.165) is 102 Å². The van der Waals surface area contributed by atoms with E-state index in [1.807, 2.05) is 24.4 Å². The molecule has 198 valence electrons. The Bertz CT molecular complexity index is 1660. The zero-order chi connectivity index (χ0) is 26.3. The molecule has 39 heavy (non-hydrogen) atoms. The summed E-state index contributed by atoms with van der Waals surface area (Å²) in [5.74, 6) is 1.18. The molecule has 5 aromatic rings. The van der Waals surface area contributed by atoms with Crippen molar-refractivity contribution in [2.75, 3.05) is 43.4 Å². The third kappa shape index (κ3) is 4.50. The summed E-state index contributed by atoms with van der Waals surface area (Å²) >= 11 is 0. The Morgan fingerprint density at radius 3 is 2.67 bits per heavy atom. The SMILES string of the molecule is CN1CCN(c2nccc3[nH]c(-c4n[nH]c5cnc(-c6cncc(NC(=O)C7CCCC7)c6)cc45)cc23)CC1. The first-order valence-electron chi connectivity index (χ1n) is 13.6. The number of amides is 1. The van der Waals surface area contributed by atoms with E-state index in [1.54, 1.807) is 18.6 Å². The number of pyridine rings is 3. The van der Waals surface area contributed by atoms with Gasteiger partial charge < -0.3 is 20.1 Å². The van der Waals surface area contributed by atoms with Gasteiger partial charge in [-0.3, -0.25) is 19.9 Å². The molecule has 0 bridgehead atoms. The highest BCUT2D eigenvalue weighted by atomic mass is 16.1. The molecule has 1 amide bonds. The van der Waals surface area contributed by atoms with E-state index in [2.05, 4.69) is 53.4 Å². The van der Waals surface area contributed by atoms with Gasteiger partial charge in [0.15, 0.2) is 0 Å². The second-order valence-corrected chi connectivity index (χ2v) is 10.7. The number of piperazine rings is 1. The van der Waals surface area contributed by atoms with Gasteiger partial charge in [-0.25, -0.2) is 4.98 Å². The van der Waals surface area contributed by atoms with Gasteiger partial charge in [0, 0.05) is 60.8 Å². The number of H-pyrrole nitrogens is 2. The fraction of sp³-hybridized carbons (Fsp3) is 0.345. The summed E-state index contributed by atoms with van der Waals surface area (Å²) in [4.78, 5) is 34.7. The molecule has 0 radical (unpaired) electrons. The van der Waals surface area contributed by atoms with Gasteiger partial charge in [0.05, 0.1) is 40.5 Å². The summed E-state index contributed by atoms with van der Waals surface area (Å²) in [5, 5.41) is 12.9. The van der Waals surface area contributed by atoms with E-state index in [9.17, 15) is 4.79 Å². The maximum atomic E-state index is 12.6. The first kappa shape index (κ1) is 23.8. The number of rotatable bonds is 5. The van der Waals surface area contributed by atoms with Gasteiger partial charge in [0.2, 0.25) is 5.91 Å². The minimum atomic E-state index is 0.0798. The Morgan fingerprint density at radius 1 is 0.974 bits per heavy atom. The average Bonchev–Trinajstić information content (AvgIpc) is 3.73. The maximum Gasteiger partial charge on any atom is 0.227 e. The van der Waals surface area contributed by atoms with Crippen molar-refractivity contribution in [1.82, 2.24) is 35.0 Å². The summed E-state index contributed by atoms with van der Waals surface area (Å²) in [6.45, 7) is 3.96. The molecule has 10 nitrogen and oxygen atoms in total. The smallest absolute Gasteiger partial charge is 0.227 e. The lowest BCUT2D eigenvalue weighted by Gasteiger charge is -2.33. The van der Waals surface area contributed by atoms with E-state index in [4.69, 9.17) is 4.98 Å². The van der Waals surface area contributed by atoms with Crippen molar-refractivity contribution in [2.45, 2.75) is 25.7 Å². The molecule has 6 heterocycles. The highest BCUT2D eigenvalue weighted by molar-refractivity contribution is 5.99. The molecule has 2 aliphatic rings. The molecule has 7 rings (SSSR count). The van der Waals surface area contributed by atoms with Crippen LogP contribution in [0.4, 0.5) is 11.5 Å². The molecule has 0 unspecified atom stereocenters. The van der Waals surface area contributed by atoms with Crippen LogP contribution in [0.3, 0.4) is 0 Å². The van der Waals surface area contributed by atoms with Crippen molar-refractivity contribution < 1.29 is 4.79 Å². The van der Waals surface area contributed by atoms with Gasteiger partial charge >= 0.3 is 0 Å². The highest BCUT2D eigenvalue weighted by Gasteiger charge is 2.23. The molecule has 0 aromatic carbocycles. The highest BCUT2D eigenvalue weighted by Crippen LogP contribution is 2.34. The number of hydrogen-bond acceptors (Lipinski definition) is 7. The fourth-order valence-corrected chi connectivity index (χ4v) is 5.80. The lowest BCUT2D eigenvalue weighted by atomic mass is 10.1. The molecule has 1 aliphatic carbocycles. The van der Waals surface area contributed by atoms with Crippen molar-refractivity contribution in [3.8, 4) is 22.6 Å². The number of carbonyl (C=O) groups is 1. The largest absolute Gasteiger partial charge is 0.353 e. The zero-order valence-corrected chi connectivity index (χ0v) is 21.9. The van der Waals surface area contributed by atoms with E-state index in [1.165, 1.54) is 0 Å². The Kier molecular flexibility index (Phi) is 5.96. The van der Waals surface area contributed by atoms with Crippen LogP contribution >= 0.6 is 0 Å². The Hall–Kier alpha value is -4.31. The number of nitrogens with one attached hydrogen (secondary N) is 3. The molecular weight excluding hydrogens is 490 g/mol. The summed E-state index contributed by atoms with van der Waals surface area (Å²) in [5.41, 5.74) is 5.94. The Balaban J connectivity index is 1.21. The molecule has 3 N–H and O–H groups in total. The number of hydrogen-bond donors (Lipinski definition) is 3. The van der Waals surface area contributed by atoms with Crippen molar-refractivity contribution in [2.24, 2.45) is 5.92 Å². The summed E-state index contributed by atoms with van der Waals surface area (Å²) in [6, 6.07) is 8.12. The van der Waals surface area contributed by atoms with Crippen molar-refractivity contribution in [3.63, 3.8) is 0 Å². The predicted molar refractivity (Wildman–Crippen MR) is 153 cm³/mol. The van der Waals surface area contributed by atoms with Gasteiger partial charge in [0.1, 0.15) is 11.5 Å². The summed E-state index contributed by atoms with van der Waals surface area (Å²) < 4.78 is 0. The van der Waals surface area contributed by atoms with Crippen LogP contribution in [0.2, 0.25) is 0 Å². The van der Waals surface area contributed by atoms with E-state index < -0.39 is 0 Å². The monoisotopic (exact) mass is 521 g/mol. The second-order valence-electron chi connectivity index (χ2n) is 10.7. The standard InChI is InChI=1S/C29H31N9O/c1-37-8-10-38(11-9-37)28-22-14-25(34-23(22)6-7-31-28)27-21-13-24(32-17-26(21)35-36-27)19-12-20(16-30-15-19)33-29(39)18-4-2-3-5-18/h6-7,12-18,34H,2-5,8-11H2,1H3,(H,33,39)(H,35,36). The topological polar surface area (TPSA) is 119 Å². The van der Waals surface area contributed by atoms with Gasteiger partial charge in [-0.2, -0.15) is 5.10 Å². The number of nitrogens with zero attached hydrogens (tertiary/aromatic N) is 6. The number of anilines is 2. The number of aromatic nitrogens is 6. The molecule has 0 atom stereocenters. The molecular formula is C29H31N9O. The lowest BCUT2D eigenvalue weighted by molar-refractivity contribution is -0.119. The summed E-state index contributed by atoms with van der Waals surface area (Å²) in [7, 11) is 2.16. The molecule has 1 aliphatic heterocycles. The fourth-order valence-electron chi connectivity index (χ4n) is 5.80. The van der Waals surface area contributed by atoms with Crippen molar-refractivity contribution in [1.29, 1.82) is 0 Å². The van der Waals surface area contributed by atoms with E-state index >= 15 is 0 Å². The molecule has 2 fully saturated rings. The van der Waals surface area contributed by atoms with Crippen LogP contribution in [-0.4, -0.2) is 74.2 Å². The third-order valence-corrected chi connectivity index (χ3v) is 8.06. The quantitative estimate of drug-likeness (QED) is 0.313. The van der Waals surface area contributed by atoms with E-state index in [-0.39, 0.29) is 11.8 Å². The molecule has 10 heteroatoms. The molecule has 0 spiro atoms. The number of likely N-dealkylation sites (N-methyl/N-ethyl adjacent to an activating group) is 1. The lowest BCUT2D eigenvalue weighted by Crippen LogP contribution is -2.44. The van der Waals surface area contributed by atoms with Gasteiger partial charge in [-0.05, 0) is 44.2 Å². The number of aromatic amines is 2. The predicted octanol–water partition coefficient (Wildman–Crippen LogP) is 4.44. The Morgan fingerprint density at radius 2 is 1.82 bits per heavy atom. The molecule has 5 aromatic heterocycles. The second kappa shape index (κ2) is 9.77. The van der Waals surface area contributed by atoms with Crippen LogP contribution < -0.4 is 10.2 Å². The van der Waals surface area contributed by atoms with Crippen LogP contribution in [0, 0.1) is 5.92 Å². The minimum Gasteiger partial charge on any atom is -0.353 e. The van der Waals surface area contributed by atoms with Gasteiger partial charge in [-0.1, -0.05) is 12.8 Å². The van der Waals surface area contributed by atoms with Crippen molar-refractivity contribution in [3.05, 3.63) is 49.1 Å². The first-order chi connectivity index (χ1) is 19.1. The third-order valence-electron chi connectivity index (χ3n) is 8.06. The van der Waals surface area contributed by atoms with Crippen LogP contribution in [0.25, 0.3) is 44.5 Å². The first-order valence-corrected chi connectivity index (χ1v) is 13.6. The van der Waals surface area contributed by atoms with Crippen LogP contribution in [0.15, 0.2) is 49.1 Å². The van der Waals surface area contributed by atoms with Crippen molar-refractivity contribution >= 4 is 39.2 Å².